The lowest BCUT2D eigenvalue weighted by molar-refractivity contribution is -0.385. The number of rotatable bonds is 8. The molecule has 0 spiro atoms. The number of hydrogen-bond donors (Lipinski definition) is 0. The van der Waals surface area contributed by atoms with Gasteiger partial charge in [-0.1, -0.05) is 83.9 Å². The molecular weight excluding hydrogens is 485 g/mol. The van der Waals surface area contributed by atoms with Crippen LogP contribution in [0.3, 0.4) is 0 Å². The first-order chi connectivity index (χ1) is 16.9. The summed E-state index contributed by atoms with van der Waals surface area (Å²) >= 11 is 12.1. The van der Waals surface area contributed by atoms with Crippen molar-refractivity contribution in [2.75, 3.05) is 20.1 Å². The molecular formula is C27H27Cl2N3O3. The van der Waals surface area contributed by atoms with Gasteiger partial charge in [0.05, 0.1) is 33.5 Å². The molecule has 6 nitrogen and oxygen atoms in total. The second kappa shape index (κ2) is 11.2. The average Bonchev–Trinajstić information content (AvgIpc) is 3.39. The van der Waals surface area contributed by atoms with Gasteiger partial charge >= 0.3 is 0 Å². The number of nitro benzene ring substituents is 1. The van der Waals surface area contributed by atoms with Crippen LogP contribution in [0.5, 0.6) is 0 Å². The Bertz CT molecular complexity index is 1190. The van der Waals surface area contributed by atoms with Crippen molar-refractivity contribution >= 4 is 34.8 Å². The number of hydrogen-bond acceptors (Lipinski definition) is 4. The zero-order chi connectivity index (χ0) is 24.9. The van der Waals surface area contributed by atoms with Crippen molar-refractivity contribution in [1.29, 1.82) is 0 Å². The molecule has 3 aromatic rings. The van der Waals surface area contributed by atoms with E-state index in [2.05, 4.69) is 17.0 Å². The number of halogens is 2. The molecule has 1 fully saturated rings. The van der Waals surface area contributed by atoms with Gasteiger partial charge in [-0.3, -0.25) is 19.8 Å². The minimum Gasteiger partial charge on any atom is -0.336 e. The Labute approximate surface area is 215 Å². The van der Waals surface area contributed by atoms with E-state index in [-0.39, 0.29) is 45.7 Å². The van der Waals surface area contributed by atoms with E-state index in [1.54, 1.807) is 11.9 Å². The van der Waals surface area contributed by atoms with Gasteiger partial charge in [0.1, 0.15) is 0 Å². The van der Waals surface area contributed by atoms with Crippen molar-refractivity contribution in [1.82, 2.24) is 9.80 Å². The van der Waals surface area contributed by atoms with Crippen LogP contribution in [0.25, 0.3) is 0 Å². The molecule has 0 N–H and O–H groups in total. The summed E-state index contributed by atoms with van der Waals surface area (Å²) in [7, 11) is 1.77. The van der Waals surface area contributed by atoms with E-state index in [0.717, 1.165) is 37.1 Å². The van der Waals surface area contributed by atoms with Crippen molar-refractivity contribution in [3.8, 4) is 0 Å². The summed E-state index contributed by atoms with van der Waals surface area (Å²) in [6.07, 6.45) is 2.06. The fraction of sp³-hybridized carbons (Fsp3) is 0.296. The van der Waals surface area contributed by atoms with Gasteiger partial charge in [-0.15, -0.1) is 0 Å². The third-order valence-corrected chi connectivity index (χ3v) is 7.31. The maximum absolute atomic E-state index is 13.7. The second-order valence-electron chi connectivity index (χ2n) is 8.79. The number of carbonyl (C=O) groups excluding carboxylic acids is 1. The summed E-state index contributed by atoms with van der Waals surface area (Å²) in [5.41, 5.74) is 2.17. The Morgan fingerprint density at radius 2 is 1.51 bits per heavy atom. The summed E-state index contributed by atoms with van der Waals surface area (Å²) in [4.78, 5) is 28.9. The number of likely N-dealkylation sites (N-methyl/N-ethyl adjacent to an activating group) is 1. The quantitative estimate of drug-likeness (QED) is 0.256. The zero-order valence-electron chi connectivity index (χ0n) is 19.4. The Balaban J connectivity index is 1.74. The van der Waals surface area contributed by atoms with Gasteiger partial charge in [0, 0.05) is 18.7 Å². The molecule has 0 bridgehead atoms. The highest BCUT2D eigenvalue weighted by molar-refractivity contribution is 6.42. The van der Waals surface area contributed by atoms with Gasteiger partial charge in [0.25, 0.3) is 5.69 Å². The third-order valence-electron chi connectivity index (χ3n) is 6.59. The number of nitrogens with zero attached hydrogens (tertiary/aromatic N) is 3. The second-order valence-corrected chi connectivity index (χ2v) is 9.60. The molecule has 0 aromatic heterocycles. The van der Waals surface area contributed by atoms with E-state index < -0.39 is 4.92 Å². The molecule has 35 heavy (non-hydrogen) atoms. The molecule has 2 atom stereocenters. The van der Waals surface area contributed by atoms with Crippen molar-refractivity contribution in [2.45, 2.75) is 31.3 Å². The van der Waals surface area contributed by atoms with Crippen LogP contribution in [0, 0.1) is 10.1 Å². The maximum Gasteiger partial charge on any atom is 0.274 e. The predicted molar refractivity (Wildman–Crippen MR) is 139 cm³/mol. The topological polar surface area (TPSA) is 66.7 Å². The fourth-order valence-electron chi connectivity index (χ4n) is 4.86. The molecule has 0 saturated carbocycles. The average molecular weight is 512 g/mol. The first kappa shape index (κ1) is 25.2. The Morgan fingerprint density at radius 3 is 2.09 bits per heavy atom. The van der Waals surface area contributed by atoms with Crippen molar-refractivity contribution in [3.05, 3.63) is 110 Å². The number of likely N-dealkylation sites (tertiary alicyclic amines) is 1. The molecule has 182 valence electrons. The molecule has 1 aliphatic heterocycles. The highest BCUT2D eigenvalue weighted by atomic mass is 35.5. The monoisotopic (exact) mass is 511 g/mol. The van der Waals surface area contributed by atoms with Crippen LogP contribution >= 0.6 is 23.2 Å². The van der Waals surface area contributed by atoms with Crippen LogP contribution in [-0.4, -0.2) is 40.8 Å². The van der Waals surface area contributed by atoms with Gasteiger partial charge < -0.3 is 4.90 Å². The highest BCUT2D eigenvalue weighted by Gasteiger charge is 2.36. The lowest BCUT2D eigenvalue weighted by atomic mass is 9.90. The summed E-state index contributed by atoms with van der Waals surface area (Å²) in [5.74, 6) is -0.236. The summed E-state index contributed by atoms with van der Waals surface area (Å²) in [6.45, 7) is 1.90. The van der Waals surface area contributed by atoms with Crippen molar-refractivity contribution in [2.24, 2.45) is 0 Å². The molecule has 1 aliphatic rings. The Hall–Kier alpha value is -2.93. The molecule has 0 aliphatic carbocycles. The third kappa shape index (κ3) is 5.67. The predicted octanol–water partition coefficient (Wildman–Crippen LogP) is 6.48. The smallest absolute Gasteiger partial charge is 0.274 e. The number of carbonyl (C=O) groups is 1. The van der Waals surface area contributed by atoms with Gasteiger partial charge in [0.15, 0.2) is 0 Å². The Kier molecular flexibility index (Phi) is 8.06. The number of nitro groups is 1. The highest BCUT2D eigenvalue weighted by Crippen LogP contribution is 2.40. The van der Waals surface area contributed by atoms with E-state index in [1.165, 1.54) is 12.1 Å². The Morgan fingerprint density at radius 1 is 0.971 bits per heavy atom. The van der Waals surface area contributed by atoms with Crippen LogP contribution < -0.4 is 0 Å². The molecule has 0 radical (unpaired) electrons. The minimum atomic E-state index is -0.531. The zero-order valence-corrected chi connectivity index (χ0v) is 21.0. The summed E-state index contributed by atoms with van der Waals surface area (Å²) in [6, 6.07) is 22.4. The SMILES string of the molecule is CN(C(=O)Cc1cc(Cl)c(Cl)cc1[N+](=O)[O-])[C@@H](c1ccccc1)C(c1ccccc1)N1CCCC1. The molecule has 8 heteroatoms. The molecule has 1 amide bonds. The van der Waals surface area contributed by atoms with Crippen LogP contribution in [0.4, 0.5) is 5.69 Å². The number of amides is 1. The van der Waals surface area contributed by atoms with Gasteiger partial charge in [0.2, 0.25) is 5.91 Å². The largest absolute Gasteiger partial charge is 0.336 e. The molecule has 1 unspecified atom stereocenters. The van der Waals surface area contributed by atoms with Gasteiger partial charge in [-0.25, -0.2) is 0 Å². The van der Waals surface area contributed by atoms with E-state index in [1.807, 2.05) is 48.5 Å². The van der Waals surface area contributed by atoms with Crippen LogP contribution in [0.1, 0.15) is 41.6 Å². The lowest BCUT2D eigenvalue weighted by Crippen LogP contribution is -2.41. The van der Waals surface area contributed by atoms with E-state index >= 15 is 0 Å². The fourth-order valence-corrected chi connectivity index (χ4v) is 5.21. The summed E-state index contributed by atoms with van der Waals surface area (Å²) < 4.78 is 0. The first-order valence-electron chi connectivity index (χ1n) is 11.6. The van der Waals surface area contributed by atoms with Crippen LogP contribution in [-0.2, 0) is 11.2 Å². The normalized spacial score (nSPS) is 15.5. The lowest BCUT2D eigenvalue weighted by Gasteiger charge is -2.40. The van der Waals surface area contributed by atoms with Crippen molar-refractivity contribution in [3.63, 3.8) is 0 Å². The molecule has 4 rings (SSSR count). The number of benzene rings is 3. The minimum absolute atomic E-state index is 0.0566. The van der Waals surface area contributed by atoms with E-state index in [4.69, 9.17) is 23.2 Å². The first-order valence-corrected chi connectivity index (χ1v) is 12.3. The van der Waals surface area contributed by atoms with Crippen molar-refractivity contribution < 1.29 is 9.72 Å². The summed E-state index contributed by atoms with van der Waals surface area (Å²) in [5, 5.41) is 11.9. The molecule has 1 saturated heterocycles. The van der Waals surface area contributed by atoms with E-state index in [0.29, 0.717) is 0 Å². The van der Waals surface area contributed by atoms with Crippen LogP contribution in [0.15, 0.2) is 72.8 Å². The maximum atomic E-state index is 13.7. The van der Waals surface area contributed by atoms with Gasteiger partial charge in [-0.05, 0) is 43.1 Å². The molecule has 1 heterocycles. The van der Waals surface area contributed by atoms with Crippen LogP contribution in [0.2, 0.25) is 10.0 Å². The standard InChI is InChI=1S/C27H27Cl2N3O3/c1-30(25(33)17-21-16-22(28)23(29)18-24(21)32(34)35)26(19-10-4-2-5-11-19)27(31-14-8-9-15-31)20-12-6-3-7-13-20/h2-7,10-13,16,18,26-27H,8-9,14-15,17H2,1H3/t26-,27?/m0/s1. The van der Waals surface area contributed by atoms with E-state index in [9.17, 15) is 14.9 Å². The molecule has 3 aromatic carbocycles. The van der Waals surface area contributed by atoms with Gasteiger partial charge in [-0.2, -0.15) is 0 Å².